The average Bonchev–Trinajstić information content (AvgIpc) is 2.42. The molecule has 0 amide bonds. The zero-order valence-electron chi connectivity index (χ0n) is 13.9. The number of carbonyl (C=O) groups excluding carboxylic acids is 1. The molecule has 1 aromatic carbocycles. The van der Waals surface area contributed by atoms with E-state index in [1.54, 1.807) is 0 Å². The van der Waals surface area contributed by atoms with Crippen molar-refractivity contribution in [1.29, 1.82) is 0 Å². The fourth-order valence-electron chi connectivity index (χ4n) is 2.73. The van der Waals surface area contributed by atoms with Gasteiger partial charge in [0.15, 0.2) is 0 Å². The fraction of sp³-hybridized carbons (Fsp3) is 0.316. The van der Waals surface area contributed by atoms with Crippen molar-refractivity contribution >= 4 is 14.0 Å². The van der Waals surface area contributed by atoms with E-state index in [1.807, 2.05) is 37.3 Å². The van der Waals surface area contributed by atoms with Gasteiger partial charge in [0, 0.05) is 12.0 Å². The van der Waals surface area contributed by atoms with Gasteiger partial charge in [-0.15, -0.1) is 0 Å². The Labute approximate surface area is 134 Å². The highest BCUT2D eigenvalue weighted by Gasteiger charge is 2.27. The highest BCUT2D eigenvalue weighted by atomic mass is 28.3. The number of cyclic esters (lactones) is 1. The van der Waals surface area contributed by atoms with Crippen molar-refractivity contribution in [3.05, 3.63) is 70.5 Å². The molecule has 0 saturated heterocycles. The van der Waals surface area contributed by atoms with Crippen LogP contribution in [-0.2, 0) is 16.0 Å². The minimum Gasteiger partial charge on any atom is -0.457 e. The number of rotatable bonds is 4. The topological polar surface area (TPSA) is 26.3 Å². The molecule has 22 heavy (non-hydrogen) atoms. The lowest BCUT2D eigenvalue weighted by atomic mass is 9.90. The molecule has 1 heterocycles. The predicted molar refractivity (Wildman–Crippen MR) is 94.4 cm³/mol. The van der Waals surface area contributed by atoms with Crippen LogP contribution in [0.15, 0.2) is 64.9 Å². The van der Waals surface area contributed by atoms with Gasteiger partial charge in [0.25, 0.3) is 0 Å². The van der Waals surface area contributed by atoms with Crippen LogP contribution >= 0.6 is 0 Å². The molecule has 3 heteroatoms. The summed E-state index contributed by atoms with van der Waals surface area (Å²) in [7, 11) is -1.40. The Morgan fingerprint density at radius 1 is 1.27 bits per heavy atom. The molecule has 0 N–H and O–H groups in total. The highest BCUT2D eigenvalue weighted by molar-refractivity contribution is 6.81. The Morgan fingerprint density at radius 2 is 1.91 bits per heavy atom. The summed E-state index contributed by atoms with van der Waals surface area (Å²) in [5.41, 5.74) is 7.22. The Balaban J connectivity index is 2.51. The first-order valence-electron chi connectivity index (χ1n) is 7.60. The average molecular weight is 312 g/mol. The minimum absolute atomic E-state index is 0.213. The van der Waals surface area contributed by atoms with Crippen molar-refractivity contribution in [1.82, 2.24) is 0 Å². The molecule has 0 aromatic heterocycles. The van der Waals surface area contributed by atoms with Crippen molar-refractivity contribution in [3.63, 3.8) is 0 Å². The molecule has 1 aliphatic rings. The van der Waals surface area contributed by atoms with E-state index >= 15 is 0 Å². The molecule has 0 unspecified atom stereocenters. The number of allylic oxidation sites excluding steroid dienone is 1. The van der Waals surface area contributed by atoms with E-state index in [-0.39, 0.29) is 5.97 Å². The van der Waals surface area contributed by atoms with Gasteiger partial charge in [0.05, 0.1) is 8.07 Å². The van der Waals surface area contributed by atoms with E-state index in [4.69, 9.17) is 4.74 Å². The second-order valence-electron chi connectivity index (χ2n) is 6.91. The monoisotopic (exact) mass is 312 g/mol. The zero-order valence-corrected chi connectivity index (χ0v) is 14.9. The molecule has 0 aliphatic carbocycles. The van der Waals surface area contributed by atoms with E-state index in [2.05, 4.69) is 31.9 Å². The van der Waals surface area contributed by atoms with E-state index in [0.717, 1.165) is 27.9 Å². The quantitative estimate of drug-likeness (QED) is 0.606. The second kappa shape index (κ2) is 6.49. The van der Waals surface area contributed by atoms with Crippen LogP contribution in [0.1, 0.15) is 12.5 Å². The van der Waals surface area contributed by atoms with Gasteiger partial charge >= 0.3 is 5.97 Å². The molecular weight excluding hydrogens is 288 g/mol. The fourth-order valence-corrected chi connectivity index (χ4v) is 4.00. The van der Waals surface area contributed by atoms with Gasteiger partial charge in [0.2, 0.25) is 0 Å². The lowest BCUT2D eigenvalue weighted by Crippen LogP contribution is -2.25. The smallest absolute Gasteiger partial charge is 0.335 e. The van der Waals surface area contributed by atoms with Crippen LogP contribution in [0.5, 0.6) is 0 Å². The van der Waals surface area contributed by atoms with Gasteiger partial charge in [-0.2, -0.15) is 0 Å². The second-order valence-corrected chi connectivity index (χ2v) is 11.9. The first kappa shape index (κ1) is 16.5. The van der Waals surface area contributed by atoms with Gasteiger partial charge in [-0.25, -0.2) is 4.79 Å². The van der Waals surface area contributed by atoms with Crippen LogP contribution in [0.4, 0.5) is 0 Å². The largest absolute Gasteiger partial charge is 0.457 e. The molecule has 0 atom stereocenters. The standard InChI is InChI=1S/C19H24O2Si/c1-14(2)18-16(13-22(3,4)5)12-21-19(20)17(18)11-15-9-7-6-8-10-15/h6-10,13H,1,11-12H2,2-5H3/b16-13+. The van der Waals surface area contributed by atoms with Gasteiger partial charge in [-0.3, -0.25) is 0 Å². The van der Waals surface area contributed by atoms with Crippen molar-refractivity contribution in [3.8, 4) is 0 Å². The van der Waals surface area contributed by atoms with E-state index in [0.29, 0.717) is 13.0 Å². The number of ether oxygens (including phenoxy) is 1. The maximum Gasteiger partial charge on any atom is 0.335 e. The van der Waals surface area contributed by atoms with E-state index in [9.17, 15) is 4.79 Å². The minimum atomic E-state index is -1.40. The number of benzene rings is 1. The van der Waals surface area contributed by atoms with Crippen molar-refractivity contribution < 1.29 is 9.53 Å². The molecule has 0 spiro atoms. The summed E-state index contributed by atoms with van der Waals surface area (Å²) in [4.78, 5) is 12.3. The maximum atomic E-state index is 12.3. The SMILES string of the molecule is C=C(C)C1=C(Cc2ccccc2)C(=O)OC/C1=C\[Si](C)(C)C. The molecular formula is C19H24O2Si. The molecule has 1 aromatic rings. The lowest BCUT2D eigenvalue weighted by molar-refractivity contribution is -0.138. The summed E-state index contributed by atoms with van der Waals surface area (Å²) in [5, 5.41) is 0. The molecule has 116 valence electrons. The number of esters is 1. The van der Waals surface area contributed by atoms with Crippen LogP contribution < -0.4 is 0 Å². The Bertz CT molecular complexity index is 646. The van der Waals surface area contributed by atoms with E-state index < -0.39 is 8.07 Å². The summed E-state index contributed by atoms with van der Waals surface area (Å²) >= 11 is 0. The third-order valence-corrected chi connectivity index (χ3v) is 4.70. The summed E-state index contributed by atoms with van der Waals surface area (Å²) < 4.78 is 5.42. The Kier molecular flexibility index (Phi) is 4.86. The zero-order chi connectivity index (χ0) is 16.3. The van der Waals surface area contributed by atoms with Gasteiger partial charge in [-0.1, -0.05) is 67.8 Å². The third-order valence-electron chi connectivity index (χ3n) is 3.49. The molecule has 0 saturated carbocycles. The number of hydrogen-bond donors (Lipinski definition) is 0. The lowest BCUT2D eigenvalue weighted by Gasteiger charge is -2.25. The summed E-state index contributed by atoms with van der Waals surface area (Å²) in [6, 6.07) is 10.0. The summed E-state index contributed by atoms with van der Waals surface area (Å²) in [6.45, 7) is 13.3. The molecule has 0 fully saturated rings. The molecule has 0 radical (unpaired) electrons. The molecule has 2 nitrogen and oxygen atoms in total. The van der Waals surface area contributed by atoms with Crippen LogP contribution in [0.2, 0.25) is 19.6 Å². The van der Waals surface area contributed by atoms with E-state index in [1.165, 1.54) is 0 Å². The molecule has 2 rings (SSSR count). The summed E-state index contributed by atoms with van der Waals surface area (Å²) in [6.07, 6.45) is 0.588. The number of carbonyl (C=O) groups is 1. The van der Waals surface area contributed by atoms with Gasteiger partial charge in [-0.05, 0) is 23.6 Å². The Hall–Kier alpha value is -1.87. The van der Waals surface area contributed by atoms with Crippen molar-refractivity contribution in [2.75, 3.05) is 6.61 Å². The normalized spacial score (nSPS) is 17.6. The van der Waals surface area contributed by atoms with Crippen LogP contribution in [0.25, 0.3) is 0 Å². The van der Waals surface area contributed by atoms with Gasteiger partial charge in [0.1, 0.15) is 6.61 Å². The molecule has 1 aliphatic heterocycles. The first-order valence-corrected chi connectivity index (χ1v) is 11.2. The summed E-state index contributed by atoms with van der Waals surface area (Å²) in [5.74, 6) is -0.213. The Morgan fingerprint density at radius 3 is 2.45 bits per heavy atom. The number of hydrogen-bond acceptors (Lipinski definition) is 2. The maximum absolute atomic E-state index is 12.3. The van der Waals surface area contributed by atoms with Crippen molar-refractivity contribution in [2.45, 2.75) is 33.0 Å². The molecule has 0 bridgehead atoms. The predicted octanol–water partition coefficient (Wildman–Crippen LogP) is 4.46. The highest BCUT2D eigenvalue weighted by Crippen LogP contribution is 2.31. The van der Waals surface area contributed by atoms with Crippen LogP contribution in [0.3, 0.4) is 0 Å². The van der Waals surface area contributed by atoms with Crippen LogP contribution in [0, 0.1) is 0 Å². The first-order chi connectivity index (χ1) is 10.3. The third kappa shape index (κ3) is 4.07. The van der Waals surface area contributed by atoms with Crippen LogP contribution in [-0.4, -0.2) is 20.7 Å². The van der Waals surface area contributed by atoms with Crippen molar-refractivity contribution in [2.24, 2.45) is 0 Å². The van der Waals surface area contributed by atoms with Gasteiger partial charge < -0.3 is 4.74 Å².